The monoisotopic (exact) mass is 520 g/mol. The van der Waals surface area contributed by atoms with Gasteiger partial charge in [0.1, 0.15) is 11.5 Å². The molecule has 9 heteroatoms. The fraction of sp³-hybridized carbons (Fsp3) is 0.367. The predicted molar refractivity (Wildman–Crippen MR) is 153 cm³/mol. The van der Waals surface area contributed by atoms with Gasteiger partial charge in [-0.3, -0.25) is 19.9 Å². The van der Waals surface area contributed by atoms with Crippen molar-refractivity contribution < 1.29 is 4.79 Å². The molecule has 6 heterocycles. The molecule has 198 valence electrons. The van der Waals surface area contributed by atoms with Crippen molar-refractivity contribution in [3.8, 4) is 22.6 Å². The number of piperidine rings is 1. The van der Waals surface area contributed by atoms with Crippen molar-refractivity contribution >= 4 is 39.2 Å². The highest BCUT2D eigenvalue weighted by atomic mass is 16.1. The van der Waals surface area contributed by atoms with Crippen LogP contribution in [0.3, 0.4) is 0 Å². The number of hydrogen-bond acceptors (Lipinski definition) is 6. The van der Waals surface area contributed by atoms with E-state index in [1.54, 1.807) is 18.6 Å². The summed E-state index contributed by atoms with van der Waals surface area (Å²) in [6.45, 7) is 2.09. The number of hydrogen-bond donors (Lipinski definition) is 3. The van der Waals surface area contributed by atoms with Crippen LogP contribution in [0.4, 0.5) is 11.5 Å². The number of rotatable bonds is 5. The summed E-state index contributed by atoms with van der Waals surface area (Å²) >= 11 is 0. The molecule has 0 radical (unpaired) electrons. The fourth-order valence-electron chi connectivity index (χ4n) is 6.06. The highest BCUT2D eigenvalue weighted by Gasteiger charge is 2.22. The number of carbonyl (C=O) groups excluding carboxylic acids is 1. The zero-order chi connectivity index (χ0) is 26.2. The van der Waals surface area contributed by atoms with Crippen molar-refractivity contribution in [2.45, 2.75) is 51.4 Å². The van der Waals surface area contributed by atoms with E-state index in [9.17, 15) is 4.79 Å². The van der Waals surface area contributed by atoms with Crippen molar-refractivity contribution in [2.24, 2.45) is 5.92 Å². The van der Waals surface area contributed by atoms with E-state index in [2.05, 4.69) is 41.4 Å². The number of carbonyl (C=O) groups is 1. The SMILES string of the molecule is O=C(Nc1cncc(-c2cc3c(-c4cc5c(N6CCCCC6)nccc5[nH]4)n[nH]c3cn2)c1)C1CCCCC1. The van der Waals surface area contributed by atoms with Gasteiger partial charge in [-0.25, -0.2) is 4.98 Å². The smallest absolute Gasteiger partial charge is 0.227 e. The molecule has 0 bridgehead atoms. The Morgan fingerprint density at radius 2 is 1.74 bits per heavy atom. The molecule has 2 fully saturated rings. The van der Waals surface area contributed by atoms with Crippen LogP contribution in [0.25, 0.3) is 44.5 Å². The number of aromatic amines is 2. The van der Waals surface area contributed by atoms with Crippen LogP contribution in [-0.2, 0) is 4.79 Å². The topological polar surface area (TPSA) is 115 Å². The Labute approximate surface area is 226 Å². The highest BCUT2D eigenvalue weighted by molar-refractivity contribution is 5.99. The first-order valence-electron chi connectivity index (χ1n) is 14.1. The lowest BCUT2D eigenvalue weighted by Gasteiger charge is -2.28. The minimum Gasteiger partial charge on any atom is -0.356 e. The van der Waals surface area contributed by atoms with Gasteiger partial charge in [-0.15, -0.1) is 0 Å². The van der Waals surface area contributed by atoms with E-state index in [0.717, 1.165) is 89.0 Å². The molecule has 1 amide bonds. The van der Waals surface area contributed by atoms with Gasteiger partial charge in [-0.05, 0) is 56.4 Å². The molecule has 0 aromatic carbocycles. The number of H-pyrrole nitrogens is 2. The number of amides is 1. The van der Waals surface area contributed by atoms with Crippen LogP contribution < -0.4 is 10.2 Å². The van der Waals surface area contributed by atoms with Crippen molar-refractivity contribution in [1.29, 1.82) is 0 Å². The van der Waals surface area contributed by atoms with Gasteiger partial charge in [0.2, 0.25) is 5.91 Å². The number of anilines is 2. The van der Waals surface area contributed by atoms with Crippen LogP contribution in [0.5, 0.6) is 0 Å². The maximum Gasteiger partial charge on any atom is 0.227 e. The zero-order valence-electron chi connectivity index (χ0n) is 21.9. The van der Waals surface area contributed by atoms with Gasteiger partial charge >= 0.3 is 0 Å². The van der Waals surface area contributed by atoms with Gasteiger partial charge in [-0.2, -0.15) is 5.10 Å². The molecule has 5 aromatic rings. The van der Waals surface area contributed by atoms with Gasteiger partial charge < -0.3 is 15.2 Å². The molecule has 39 heavy (non-hydrogen) atoms. The minimum absolute atomic E-state index is 0.0893. The lowest BCUT2D eigenvalue weighted by atomic mass is 9.88. The molecule has 1 aliphatic heterocycles. The summed E-state index contributed by atoms with van der Waals surface area (Å²) in [5.74, 6) is 1.22. The van der Waals surface area contributed by atoms with E-state index in [-0.39, 0.29) is 11.8 Å². The van der Waals surface area contributed by atoms with E-state index >= 15 is 0 Å². The molecule has 5 aromatic heterocycles. The molecule has 2 aliphatic rings. The lowest BCUT2D eigenvalue weighted by molar-refractivity contribution is -0.120. The molecular weight excluding hydrogens is 488 g/mol. The van der Waals surface area contributed by atoms with Crippen molar-refractivity contribution in [1.82, 2.24) is 30.1 Å². The molecule has 0 unspecified atom stereocenters. The number of pyridine rings is 3. The molecule has 0 spiro atoms. The summed E-state index contributed by atoms with van der Waals surface area (Å²) in [5, 5.41) is 12.9. The van der Waals surface area contributed by atoms with E-state index in [1.165, 1.54) is 25.7 Å². The van der Waals surface area contributed by atoms with Crippen LogP contribution >= 0.6 is 0 Å². The normalized spacial score (nSPS) is 16.7. The Morgan fingerprint density at radius 1 is 0.897 bits per heavy atom. The first kappa shape index (κ1) is 23.8. The second kappa shape index (κ2) is 10.1. The third kappa shape index (κ3) is 4.62. The number of fused-ring (bicyclic) bond motifs is 2. The average molecular weight is 521 g/mol. The molecule has 9 nitrogen and oxygen atoms in total. The van der Waals surface area contributed by atoms with Crippen LogP contribution in [-0.4, -0.2) is 49.1 Å². The molecular formula is C30H32N8O. The average Bonchev–Trinajstić information content (AvgIpc) is 3.62. The van der Waals surface area contributed by atoms with E-state index < -0.39 is 0 Å². The molecule has 1 aliphatic carbocycles. The molecule has 1 saturated heterocycles. The summed E-state index contributed by atoms with van der Waals surface area (Å²) in [6, 6.07) is 8.16. The summed E-state index contributed by atoms with van der Waals surface area (Å²) in [7, 11) is 0. The standard InChI is InChI=1S/C30H32N8O/c39-30(19-7-3-1-4-8-19)34-21-13-20(16-31-17-21)25-14-22-27(18-33-25)36-37-28(22)26-15-23-24(35-26)9-10-32-29(23)38-11-5-2-6-12-38/h9-10,13-19,35H,1-8,11-12H2,(H,34,39)(H,36,37). The summed E-state index contributed by atoms with van der Waals surface area (Å²) in [6.07, 6.45) is 16.3. The van der Waals surface area contributed by atoms with Crippen molar-refractivity contribution in [3.05, 3.63) is 49.1 Å². The Morgan fingerprint density at radius 3 is 2.62 bits per heavy atom. The lowest BCUT2D eigenvalue weighted by Crippen LogP contribution is -2.30. The van der Waals surface area contributed by atoms with Crippen LogP contribution in [0.15, 0.2) is 49.1 Å². The van der Waals surface area contributed by atoms with Gasteiger partial charge in [-0.1, -0.05) is 19.3 Å². The van der Waals surface area contributed by atoms with Crippen molar-refractivity contribution in [2.75, 3.05) is 23.3 Å². The molecule has 3 N–H and O–H groups in total. The summed E-state index contributed by atoms with van der Waals surface area (Å²) in [4.78, 5) is 32.5. The number of aromatic nitrogens is 6. The Bertz CT molecular complexity index is 1640. The summed E-state index contributed by atoms with van der Waals surface area (Å²) < 4.78 is 0. The van der Waals surface area contributed by atoms with Gasteiger partial charge in [0, 0.05) is 47.7 Å². The van der Waals surface area contributed by atoms with E-state index in [4.69, 9.17) is 4.98 Å². The largest absolute Gasteiger partial charge is 0.356 e. The Kier molecular flexibility index (Phi) is 6.19. The van der Waals surface area contributed by atoms with Crippen LogP contribution in [0, 0.1) is 5.92 Å². The summed E-state index contributed by atoms with van der Waals surface area (Å²) in [5.41, 5.74) is 6.01. The number of nitrogens with one attached hydrogen (secondary N) is 3. The quantitative estimate of drug-likeness (QED) is 0.259. The second-order valence-electron chi connectivity index (χ2n) is 10.8. The third-order valence-corrected chi connectivity index (χ3v) is 8.16. The Balaban J connectivity index is 1.20. The first-order chi connectivity index (χ1) is 19.2. The third-order valence-electron chi connectivity index (χ3n) is 8.16. The predicted octanol–water partition coefficient (Wildman–Crippen LogP) is 6.07. The van der Waals surface area contributed by atoms with Crippen molar-refractivity contribution in [3.63, 3.8) is 0 Å². The molecule has 0 atom stereocenters. The Hall–Kier alpha value is -4.27. The van der Waals surface area contributed by atoms with Crippen LogP contribution in [0.1, 0.15) is 51.4 Å². The van der Waals surface area contributed by atoms with Gasteiger partial charge in [0.25, 0.3) is 0 Å². The van der Waals surface area contributed by atoms with Gasteiger partial charge in [0.15, 0.2) is 0 Å². The maximum absolute atomic E-state index is 12.8. The minimum atomic E-state index is 0.0893. The molecule has 7 rings (SSSR count). The van der Waals surface area contributed by atoms with E-state index in [1.807, 2.05) is 24.4 Å². The second-order valence-corrected chi connectivity index (χ2v) is 10.8. The maximum atomic E-state index is 12.8. The fourth-order valence-corrected chi connectivity index (χ4v) is 6.06. The zero-order valence-corrected chi connectivity index (χ0v) is 21.9. The van der Waals surface area contributed by atoms with Crippen LogP contribution in [0.2, 0.25) is 0 Å². The van der Waals surface area contributed by atoms with E-state index in [0.29, 0.717) is 5.69 Å². The van der Waals surface area contributed by atoms with Gasteiger partial charge in [0.05, 0.1) is 40.5 Å². The highest BCUT2D eigenvalue weighted by Crippen LogP contribution is 2.34. The molecule has 1 saturated carbocycles. The first-order valence-corrected chi connectivity index (χ1v) is 14.1. The number of nitrogens with zero attached hydrogens (tertiary/aromatic N) is 5.